The molecule has 5 heteroatoms. The first-order valence-corrected chi connectivity index (χ1v) is 12.6. The SMILES string of the molecule is O=C1/C(=C\CCCN2CCN(CCO)CC2)C(=O)[C@H](c2ccccc2)CC1Cc1ccccc1. The van der Waals surface area contributed by atoms with Gasteiger partial charge in [-0.2, -0.15) is 0 Å². The lowest BCUT2D eigenvalue weighted by atomic mass is 9.71. The van der Waals surface area contributed by atoms with Crippen molar-refractivity contribution < 1.29 is 14.7 Å². The Bertz CT molecular complexity index is 965. The molecule has 0 aromatic heterocycles. The molecule has 34 heavy (non-hydrogen) atoms. The second-order valence-corrected chi connectivity index (χ2v) is 9.48. The quantitative estimate of drug-likeness (QED) is 0.353. The number of hydrogen-bond acceptors (Lipinski definition) is 5. The Morgan fingerprint density at radius 1 is 0.824 bits per heavy atom. The fraction of sp³-hybridized carbons (Fsp3) is 0.448. The highest BCUT2D eigenvalue weighted by Gasteiger charge is 2.39. The summed E-state index contributed by atoms with van der Waals surface area (Å²) in [5.41, 5.74) is 2.56. The lowest BCUT2D eigenvalue weighted by Gasteiger charge is -2.34. The van der Waals surface area contributed by atoms with Gasteiger partial charge >= 0.3 is 0 Å². The number of carbonyl (C=O) groups excluding carboxylic acids is 2. The summed E-state index contributed by atoms with van der Waals surface area (Å²) in [5.74, 6) is -0.425. The lowest BCUT2D eigenvalue weighted by molar-refractivity contribution is -0.128. The fourth-order valence-corrected chi connectivity index (χ4v) is 5.22. The van der Waals surface area contributed by atoms with E-state index in [1.807, 2.05) is 54.6 Å². The number of hydrogen-bond donors (Lipinski definition) is 1. The molecule has 2 fully saturated rings. The molecule has 1 heterocycles. The molecule has 1 saturated carbocycles. The maximum atomic E-state index is 13.4. The molecule has 1 aliphatic heterocycles. The van der Waals surface area contributed by atoms with E-state index in [4.69, 9.17) is 5.11 Å². The zero-order chi connectivity index (χ0) is 23.8. The van der Waals surface area contributed by atoms with Crippen molar-refractivity contribution in [3.05, 3.63) is 83.4 Å². The minimum absolute atomic E-state index is 0.0126. The molecule has 0 amide bonds. The summed E-state index contributed by atoms with van der Waals surface area (Å²) < 4.78 is 0. The van der Waals surface area contributed by atoms with E-state index in [0.717, 1.165) is 63.2 Å². The number of piperazine rings is 1. The second kappa shape index (κ2) is 12.2. The van der Waals surface area contributed by atoms with Gasteiger partial charge in [-0.3, -0.25) is 14.5 Å². The molecule has 0 radical (unpaired) electrons. The normalized spacial score (nSPS) is 23.5. The standard InChI is InChI=1S/C29H36N2O3/c32-20-19-31-17-15-30(16-18-31)14-8-7-13-26-28(33)25(21-23-9-3-1-4-10-23)22-27(29(26)34)24-11-5-2-6-12-24/h1-6,9-13,25,27,32H,7-8,14-22H2/b26-13+/t25?,27-/m0/s1. The van der Waals surface area contributed by atoms with E-state index < -0.39 is 0 Å². The monoisotopic (exact) mass is 460 g/mol. The molecule has 0 bridgehead atoms. The van der Waals surface area contributed by atoms with Gasteiger partial charge < -0.3 is 10.0 Å². The van der Waals surface area contributed by atoms with Crippen LogP contribution in [0.15, 0.2) is 72.3 Å². The van der Waals surface area contributed by atoms with Crippen molar-refractivity contribution in [3.8, 4) is 0 Å². The van der Waals surface area contributed by atoms with Gasteiger partial charge in [0.25, 0.3) is 0 Å². The molecule has 2 aromatic carbocycles. The third kappa shape index (κ3) is 6.29. The van der Waals surface area contributed by atoms with Crippen molar-refractivity contribution >= 4 is 11.6 Å². The van der Waals surface area contributed by atoms with Crippen LogP contribution >= 0.6 is 0 Å². The van der Waals surface area contributed by atoms with Crippen molar-refractivity contribution in [1.82, 2.24) is 9.80 Å². The van der Waals surface area contributed by atoms with Crippen LogP contribution in [0.3, 0.4) is 0 Å². The van der Waals surface area contributed by atoms with E-state index >= 15 is 0 Å². The largest absolute Gasteiger partial charge is 0.395 e. The average Bonchev–Trinajstić information content (AvgIpc) is 2.87. The zero-order valence-electron chi connectivity index (χ0n) is 19.9. The molecule has 2 aromatic rings. The van der Waals surface area contributed by atoms with Gasteiger partial charge in [-0.1, -0.05) is 66.7 Å². The van der Waals surface area contributed by atoms with Crippen LogP contribution in [0.2, 0.25) is 0 Å². The van der Waals surface area contributed by atoms with Crippen LogP contribution in [0.1, 0.15) is 36.3 Å². The molecule has 2 atom stereocenters. The number of aliphatic hydroxyl groups excluding tert-OH is 1. The summed E-state index contributed by atoms with van der Waals surface area (Å²) in [6.07, 6.45) is 4.84. The molecule has 0 spiro atoms. The van der Waals surface area contributed by atoms with Crippen LogP contribution in [0, 0.1) is 5.92 Å². The summed E-state index contributed by atoms with van der Waals surface area (Å²) in [7, 11) is 0. The molecule has 1 unspecified atom stereocenters. The Balaban J connectivity index is 1.41. The summed E-state index contributed by atoms with van der Waals surface area (Å²) in [6.45, 7) is 5.90. The molecular weight excluding hydrogens is 424 g/mol. The Labute approximate surface area is 203 Å². The first-order chi connectivity index (χ1) is 16.7. The third-order valence-corrected chi connectivity index (χ3v) is 7.17. The van der Waals surface area contributed by atoms with Crippen molar-refractivity contribution in [1.29, 1.82) is 0 Å². The molecule has 180 valence electrons. The van der Waals surface area contributed by atoms with E-state index in [9.17, 15) is 9.59 Å². The Morgan fingerprint density at radius 2 is 1.44 bits per heavy atom. The molecule has 4 rings (SSSR count). The van der Waals surface area contributed by atoms with Gasteiger partial charge in [0.1, 0.15) is 0 Å². The van der Waals surface area contributed by atoms with Crippen LogP contribution in [0.25, 0.3) is 0 Å². The molecule has 1 aliphatic carbocycles. The number of allylic oxidation sites excluding steroid dienone is 2. The fourth-order valence-electron chi connectivity index (χ4n) is 5.22. The van der Waals surface area contributed by atoms with Crippen LogP contribution in [-0.2, 0) is 16.0 Å². The van der Waals surface area contributed by atoms with E-state index in [-0.39, 0.29) is 30.0 Å². The van der Waals surface area contributed by atoms with Crippen molar-refractivity contribution in [2.45, 2.75) is 31.6 Å². The Morgan fingerprint density at radius 3 is 2.09 bits per heavy atom. The first-order valence-electron chi connectivity index (χ1n) is 12.6. The summed E-state index contributed by atoms with van der Waals surface area (Å²) in [6, 6.07) is 20.0. The number of rotatable bonds is 9. The molecule has 5 nitrogen and oxygen atoms in total. The van der Waals surface area contributed by atoms with E-state index in [1.54, 1.807) is 0 Å². The number of nitrogens with zero attached hydrogens (tertiary/aromatic N) is 2. The Kier molecular flexibility index (Phi) is 8.80. The number of unbranched alkanes of at least 4 members (excludes halogenated alkanes) is 1. The van der Waals surface area contributed by atoms with Gasteiger partial charge in [0, 0.05) is 44.6 Å². The maximum Gasteiger partial charge on any atom is 0.173 e. The smallest absolute Gasteiger partial charge is 0.173 e. The highest BCUT2D eigenvalue weighted by molar-refractivity contribution is 6.24. The Hall–Kier alpha value is -2.60. The number of ketones is 2. The van der Waals surface area contributed by atoms with Crippen LogP contribution in [0.5, 0.6) is 0 Å². The number of β-amino-alcohol motifs (C(OH)–C–C–N with tert-alkyl or cyclic N) is 1. The van der Waals surface area contributed by atoms with Crippen LogP contribution in [-0.4, -0.2) is 72.3 Å². The molecule has 1 N–H and O–H groups in total. The minimum Gasteiger partial charge on any atom is -0.395 e. The summed E-state index contributed by atoms with van der Waals surface area (Å²) in [5, 5.41) is 9.10. The van der Waals surface area contributed by atoms with Gasteiger partial charge in [0.15, 0.2) is 11.6 Å². The number of Topliss-reactive ketones (excluding diaryl/α,β-unsaturated/α-hetero) is 2. The van der Waals surface area contributed by atoms with Gasteiger partial charge in [-0.05, 0) is 43.4 Å². The lowest BCUT2D eigenvalue weighted by Crippen LogP contribution is -2.47. The number of aliphatic hydroxyl groups is 1. The predicted octanol–water partition coefficient (Wildman–Crippen LogP) is 3.49. The van der Waals surface area contributed by atoms with Crippen molar-refractivity contribution in [3.63, 3.8) is 0 Å². The van der Waals surface area contributed by atoms with E-state index in [1.165, 1.54) is 0 Å². The predicted molar refractivity (Wildman–Crippen MR) is 135 cm³/mol. The molecular formula is C29H36N2O3. The summed E-state index contributed by atoms with van der Waals surface area (Å²) >= 11 is 0. The zero-order valence-corrected chi connectivity index (χ0v) is 19.9. The maximum absolute atomic E-state index is 13.4. The van der Waals surface area contributed by atoms with E-state index in [2.05, 4.69) is 21.9 Å². The highest BCUT2D eigenvalue weighted by atomic mass is 16.3. The molecule has 1 saturated heterocycles. The number of benzene rings is 2. The van der Waals surface area contributed by atoms with Gasteiger partial charge in [0.05, 0.1) is 12.2 Å². The topological polar surface area (TPSA) is 60.9 Å². The summed E-state index contributed by atoms with van der Waals surface area (Å²) in [4.78, 5) is 31.5. The van der Waals surface area contributed by atoms with Gasteiger partial charge in [0.2, 0.25) is 0 Å². The van der Waals surface area contributed by atoms with Crippen molar-refractivity contribution in [2.24, 2.45) is 5.92 Å². The first kappa shape index (κ1) is 24.5. The highest BCUT2D eigenvalue weighted by Crippen LogP contribution is 2.36. The van der Waals surface area contributed by atoms with Crippen molar-refractivity contribution in [2.75, 3.05) is 45.9 Å². The minimum atomic E-state index is -0.251. The van der Waals surface area contributed by atoms with E-state index in [0.29, 0.717) is 18.4 Å². The number of carbonyl (C=O) groups is 2. The van der Waals surface area contributed by atoms with Gasteiger partial charge in [-0.25, -0.2) is 0 Å². The third-order valence-electron chi connectivity index (χ3n) is 7.17. The van der Waals surface area contributed by atoms with Gasteiger partial charge in [-0.15, -0.1) is 0 Å². The van der Waals surface area contributed by atoms with Crippen LogP contribution < -0.4 is 0 Å². The molecule has 2 aliphatic rings. The average molecular weight is 461 g/mol. The van der Waals surface area contributed by atoms with Crippen LogP contribution in [0.4, 0.5) is 0 Å². The second-order valence-electron chi connectivity index (χ2n) is 9.48.